The predicted molar refractivity (Wildman–Crippen MR) is 100.0 cm³/mol. The fourth-order valence-corrected chi connectivity index (χ4v) is 2.84. The van der Waals surface area contributed by atoms with Crippen molar-refractivity contribution in [3.05, 3.63) is 69.0 Å². The standard InChI is InChI=1S/C18H16Cl2N4O/c1-10-4-5-13(6-11(10)2)18(25)22-16-7-12(3)23-24(16)17-15(20)8-14(19)9-21-17/h4-9H,1-3H3,(H,22,25). The van der Waals surface area contributed by atoms with Gasteiger partial charge in [-0.15, -0.1) is 0 Å². The van der Waals surface area contributed by atoms with Gasteiger partial charge in [0.25, 0.3) is 5.91 Å². The number of anilines is 1. The van der Waals surface area contributed by atoms with Gasteiger partial charge in [0.2, 0.25) is 0 Å². The Morgan fingerprint density at radius 2 is 1.84 bits per heavy atom. The van der Waals surface area contributed by atoms with Crippen LogP contribution in [0.4, 0.5) is 5.82 Å². The number of amides is 1. The maximum Gasteiger partial charge on any atom is 0.256 e. The van der Waals surface area contributed by atoms with E-state index in [1.165, 1.54) is 10.9 Å². The van der Waals surface area contributed by atoms with E-state index in [1.807, 2.05) is 32.9 Å². The molecule has 1 N–H and O–H groups in total. The average Bonchev–Trinajstić information content (AvgIpc) is 2.90. The first-order chi connectivity index (χ1) is 11.8. The lowest BCUT2D eigenvalue weighted by Gasteiger charge is -2.10. The van der Waals surface area contributed by atoms with Gasteiger partial charge in [-0.3, -0.25) is 4.79 Å². The minimum absolute atomic E-state index is 0.227. The topological polar surface area (TPSA) is 59.8 Å². The number of pyridine rings is 1. The number of nitrogens with zero attached hydrogens (tertiary/aromatic N) is 3. The average molecular weight is 375 g/mol. The number of aromatic nitrogens is 3. The molecule has 2 aromatic heterocycles. The van der Waals surface area contributed by atoms with Crippen molar-refractivity contribution in [3.63, 3.8) is 0 Å². The molecule has 0 aliphatic heterocycles. The molecule has 25 heavy (non-hydrogen) atoms. The summed E-state index contributed by atoms with van der Waals surface area (Å²) in [7, 11) is 0. The molecule has 0 bridgehead atoms. The third kappa shape index (κ3) is 3.67. The first-order valence-corrected chi connectivity index (χ1v) is 8.37. The zero-order valence-corrected chi connectivity index (χ0v) is 15.5. The van der Waals surface area contributed by atoms with E-state index in [0.29, 0.717) is 27.2 Å². The van der Waals surface area contributed by atoms with Crippen LogP contribution in [0.5, 0.6) is 0 Å². The van der Waals surface area contributed by atoms with E-state index < -0.39 is 0 Å². The summed E-state index contributed by atoms with van der Waals surface area (Å²) in [4.78, 5) is 16.8. The number of rotatable bonds is 3. The van der Waals surface area contributed by atoms with Crippen molar-refractivity contribution in [3.8, 4) is 5.82 Å². The Morgan fingerprint density at radius 1 is 1.08 bits per heavy atom. The van der Waals surface area contributed by atoms with Crippen molar-refractivity contribution >= 4 is 34.9 Å². The number of benzene rings is 1. The first kappa shape index (κ1) is 17.5. The molecule has 5 nitrogen and oxygen atoms in total. The Bertz CT molecular complexity index is 966. The number of hydrogen-bond acceptors (Lipinski definition) is 3. The lowest BCUT2D eigenvalue weighted by atomic mass is 10.1. The largest absolute Gasteiger partial charge is 0.306 e. The van der Waals surface area contributed by atoms with Gasteiger partial charge in [0.1, 0.15) is 5.82 Å². The molecule has 7 heteroatoms. The highest BCUT2D eigenvalue weighted by molar-refractivity contribution is 6.35. The summed E-state index contributed by atoms with van der Waals surface area (Å²) < 4.78 is 1.49. The molecule has 0 radical (unpaired) electrons. The van der Waals surface area contributed by atoms with Gasteiger partial charge in [-0.2, -0.15) is 9.78 Å². The molecule has 1 aromatic carbocycles. The quantitative estimate of drug-likeness (QED) is 0.719. The second-order valence-electron chi connectivity index (χ2n) is 5.79. The molecule has 3 rings (SSSR count). The van der Waals surface area contributed by atoms with Crippen LogP contribution < -0.4 is 5.32 Å². The molecule has 1 amide bonds. The molecule has 0 saturated carbocycles. The normalized spacial score (nSPS) is 10.8. The Morgan fingerprint density at radius 3 is 2.52 bits per heavy atom. The van der Waals surface area contributed by atoms with E-state index in [4.69, 9.17) is 23.2 Å². The van der Waals surface area contributed by atoms with Gasteiger partial charge in [-0.05, 0) is 50.1 Å². The number of nitrogens with one attached hydrogen (secondary N) is 1. The predicted octanol–water partition coefficient (Wildman–Crippen LogP) is 4.75. The minimum Gasteiger partial charge on any atom is -0.306 e. The van der Waals surface area contributed by atoms with Crippen molar-refractivity contribution in [1.82, 2.24) is 14.8 Å². The third-order valence-electron chi connectivity index (χ3n) is 3.83. The maximum absolute atomic E-state index is 12.6. The van der Waals surface area contributed by atoms with Gasteiger partial charge < -0.3 is 5.32 Å². The summed E-state index contributed by atoms with van der Waals surface area (Å²) in [5.41, 5.74) is 3.49. The van der Waals surface area contributed by atoms with E-state index in [2.05, 4.69) is 15.4 Å². The molecule has 0 fully saturated rings. The molecule has 0 atom stereocenters. The zero-order chi connectivity index (χ0) is 18.1. The summed E-state index contributed by atoms with van der Waals surface area (Å²) in [6, 6.07) is 8.90. The fourth-order valence-electron chi connectivity index (χ4n) is 2.38. The van der Waals surface area contributed by atoms with Gasteiger partial charge in [0.05, 0.1) is 15.7 Å². The Kier molecular flexibility index (Phi) is 4.79. The van der Waals surface area contributed by atoms with Crippen LogP contribution in [0.15, 0.2) is 36.5 Å². The molecule has 2 heterocycles. The highest BCUT2D eigenvalue weighted by atomic mass is 35.5. The molecule has 0 unspecified atom stereocenters. The van der Waals surface area contributed by atoms with Crippen LogP contribution >= 0.6 is 23.2 Å². The van der Waals surface area contributed by atoms with Crippen molar-refractivity contribution in [2.45, 2.75) is 20.8 Å². The third-order valence-corrected chi connectivity index (χ3v) is 4.32. The lowest BCUT2D eigenvalue weighted by Crippen LogP contribution is -2.16. The van der Waals surface area contributed by atoms with Crippen LogP contribution in [0, 0.1) is 20.8 Å². The molecule has 0 saturated heterocycles. The van der Waals surface area contributed by atoms with Crippen molar-refractivity contribution in [1.29, 1.82) is 0 Å². The van der Waals surface area contributed by atoms with Crippen molar-refractivity contribution in [2.24, 2.45) is 0 Å². The van der Waals surface area contributed by atoms with E-state index in [-0.39, 0.29) is 5.91 Å². The summed E-state index contributed by atoms with van der Waals surface area (Å²) in [5, 5.41) is 8.00. The molecular weight excluding hydrogens is 359 g/mol. The molecular formula is C18H16Cl2N4O. The number of halogens is 2. The Hall–Kier alpha value is -2.37. The summed E-state index contributed by atoms with van der Waals surface area (Å²) >= 11 is 12.1. The maximum atomic E-state index is 12.6. The number of hydrogen-bond donors (Lipinski definition) is 1. The van der Waals surface area contributed by atoms with Crippen LogP contribution in [0.2, 0.25) is 10.0 Å². The Balaban J connectivity index is 1.95. The highest BCUT2D eigenvalue weighted by Gasteiger charge is 2.16. The van der Waals surface area contributed by atoms with Crippen LogP contribution in [-0.2, 0) is 0 Å². The summed E-state index contributed by atoms with van der Waals surface area (Å²) in [5.74, 6) is 0.654. The lowest BCUT2D eigenvalue weighted by molar-refractivity contribution is 0.102. The van der Waals surface area contributed by atoms with Crippen LogP contribution in [0.25, 0.3) is 5.82 Å². The second kappa shape index (κ2) is 6.86. The molecule has 0 aliphatic rings. The van der Waals surface area contributed by atoms with E-state index >= 15 is 0 Å². The highest BCUT2D eigenvalue weighted by Crippen LogP contribution is 2.25. The smallest absolute Gasteiger partial charge is 0.256 e. The van der Waals surface area contributed by atoms with E-state index in [1.54, 1.807) is 18.2 Å². The molecule has 128 valence electrons. The minimum atomic E-state index is -0.227. The van der Waals surface area contributed by atoms with Crippen molar-refractivity contribution < 1.29 is 4.79 Å². The van der Waals surface area contributed by atoms with E-state index in [9.17, 15) is 4.79 Å². The van der Waals surface area contributed by atoms with Crippen LogP contribution in [0.3, 0.4) is 0 Å². The van der Waals surface area contributed by atoms with Crippen LogP contribution in [0.1, 0.15) is 27.2 Å². The van der Waals surface area contributed by atoms with Gasteiger partial charge >= 0.3 is 0 Å². The van der Waals surface area contributed by atoms with Crippen molar-refractivity contribution in [2.75, 3.05) is 5.32 Å². The summed E-state index contributed by atoms with van der Waals surface area (Å²) in [6.45, 7) is 5.80. The van der Waals surface area contributed by atoms with Gasteiger partial charge in [0.15, 0.2) is 5.82 Å². The molecule has 0 aliphatic carbocycles. The zero-order valence-electron chi connectivity index (χ0n) is 14.0. The SMILES string of the molecule is Cc1cc(NC(=O)c2ccc(C)c(C)c2)n(-c2ncc(Cl)cc2Cl)n1. The number of carbonyl (C=O) groups is 1. The summed E-state index contributed by atoms with van der Waals surface area (Å²) in [6.07, 6.45) is 1.48. The molecule has 0 spiro atoms. The van der Waals surface area contributed by atoms with Gasteiger partial charge in [0, 0.05) is 17.8 Å². The first-order valence-electron chi connectivity index (χ1n) is 7.62. The van der Waals surface area contributed by atoms with Crippen LogP contribution in [-0.4, -0.2) is 20.7 Å². The van der Waals surface area contributed by atoms with Gasteiger partial charge in [-0.1, -0.05) is 29.3 Å². The second-order valence-corrected chi connectivity index (χ2v) is 6.64. The van der Waals surface area contributed by atoms with Gasteiger partial charge in [-0.25, -0.2) is 4.98 Å². The number of aryl methyl sites for hydroxylation is 3. The fraction of sp³-hybridized carbons (Fsp3) is 0.167. The number of carbonyl (C=O) groups excluding carboxylic acids is 1. The monoisotopic (exact) mass is 374 g/mol. The molecule has 3 aromatic rings. The van der Waals surface area contributed by atoms with E-state index in [0.717, 1.165) is 16.8 Å². The Labute approximate surface area is 155 Å².